The number of aliphatic hydroxyl groups excluding tert-OH is 2. The van der Waals surface area contributed by atoms with Gasteiger partial charge in [-0.25, -0.2) is 0 Å². The van der Waals surface area contributed by atoms with Crippen molar-refractivity contribution < 1.29 is 19.7 Å². The number of benzene rings is 1. The molecule has 21 heavy (non-hydrogen) atoms. The highest BCUT2D eigenvalue weighted by Gasteiger charge is 2.23. The summed E-state index contributed by atoms with van der Waals surface area (Å²) in [4.78, 5) is 14.1. The average molecular weight is 289 g/mol. The fourth-order valence-corrected chi connectivity index (χ4v) is 2.40. The Labute approximate surface area is 124 Å². The molecule has 1 atom stereocenters. The number of carbonyl (C=O) groups excluding carboxylic acids is 1. The first-order valence-electron chi connectivity index (χ1n) is 6.91. The zero-order valence-electron chi connectivity index (χ0n) is 12.0. The Morgan fingerprint density at radius 1 is 1.52 bits per heavy atom. The van der Waals surface area contributed by atoms with Crippen molar-refractivity contribution in [2.75, 3.05) is 26.8 Å². The van der Waals surface area contributed by atoms with Crippen molar-refractivity contribution in [1.29, 1.82) is 0 Å². The van der Waals surface area contributed by atoms with Crippen LogP contribution in [0.25, 0.3) is 0 Å². The van der Waals surface area contributed by atoms with Crippen LogP contribution >= 0.6 is 0 Å². The van der Waals surface area contributed by atoms with E-state index in [-0.39, 0.29) is 12.5 Å². The summed E-state index contributed by atoms with van der Waals surface area (Å²) in [6.45, 7) is 0.766. The Kier molecular flexibility index (Phi) is 5.20. The third-order valence-electron chi connectivity index (χ3n) is 3.43. The first-order chi connectivity index (χ1) is 10.2. The summed E-state index contributed by atoms with van der Waals surface area (Å²) in [5.41, 5.74) is 1.07. The molecule has 1 aromatic rings. The average Bonchev–Trinajstić information content (AvgIpc) is 2.51. The SMILES string of the molecule is COc1ccc(C(=O)N2CCCC(O)C2)cc1C#CCO. The number of hydrogen-bond donors (Lipinski definition) is 2. The molecule has 2 rings (SSSR count). The van der Waals surface area contributed by atoms with Crippen molar-refractivity contribution >= 4 is 5.91 Å². The van der Waals surface area contributed by atoms with Crippen LogP contribution in [0.3, 0.4) is 0 Å². The summed E-state index contributed by atoms with van der Waals surface area (Å²) in [7, 11) is 1.53. The van der Waals surface area contributed by atoms with Gasteiger partial charge in [-0.2, -0.15) is 0 Å². The molecule has 0 aromatic heterocycles. The lowest BCUT2D eigenvalue weighted by Gasteiger charge is -2.30. The number of carbonyl (C=O) groups is 1. The normalized spacial score (nSPS) is 17.9. The highest BCUT2D eigenvalue weighted by molar-refractivity contribution is 5.95. The third kappa shape index (κ3) is 3.75. The maximum absolute atomic E-state index is 12.4. The number of methoxy groups -OCH3 is 1. The van der Waals surface area contributed by atoms with Gasteiger partial charge < -0.3 is 19.8 Å². The van der Waals surface area contributed by atoms with E-state index in [2.05, 4.69) is 11.8 Å². The zero-order chi connectivity index (χ0) is 15.2. The molecule has 1 amide bonds. The minimum Gasteiger partial charge on any atom is -0.495 e. The van der Waals surface area contributed by atoms with E-state index < -0.39 is 6.10 Å². The van der Waals surface area contributed by atoms with Gasteiger partial charge in [-0.15, -0.1) is 0 Å². The van der Waals surface area contributed by atoms with Crippen molar-refractivity contribution in [3.63, 3.8) is 0 Å². The molecule has 1 aliphatic rings. The second-order valence-electron chi connectivity index (χ2n) is 4.92. The molecule has 0 spiro atoms. The molecule has 5 heteroatoms. The Morgan fingerprint density at radius 3 is 3.00 bits per heavy atom. The lowest BCUT2D eigenvalue weighted by atomic mass is 10.0. The number of likely N-dealkylation sites (tertiary alicyclic amines) is 1. The van der Waals surface area contributed by atoms with E-state index in [9.17, 15) is 9.90 Å². The summed E-state index contributed by atoms with van der Waals surface area (Å²) < 4.78 is 5.19. The van der Waals surface area contributed by atoms with Gasteiger partial charge in [0.15, 0.2) is 0 Å². The van der Waals surface area contributed by atoms with E-state index in [4.69, 9.17) is 9.84 Å². The molecule has 112 valence electrons. The fraction of sp³-hybridized carbons (Fsp3) is 0.438. The topological polar surface area (TPSA) is 70.0 Å². The second kappa shape index (κ2) is 7.11. The van der Waals surface area contributed by atoms with Crippen molar-refractivity contribution in [3.05, 3.63) is 29.3 Å². The number of ether oxygens (including phenoxy) is 1. The largest absolute Gasteiger partial charge is 0.495 e. The number of β-amino-alcohol motifs (C(OH)–C–C–N with tert-alkyl or cyclic N) is 1. The number of amides is 1. The molecule has 0 radical (unpaired) electrons. The fourth-order valence-electron chi connectivity index (χ4n) is 2.40. The smallest absolute Gasteiger partial charge is 0.253 e. The van der Waals surface area contributed by atoms with Crippen molar-refractivity contribution in [1.82, 2.24) is 4.90 Å². The number of hydrogen-bond acceptors (Lipinski definition) is 4. The lowest BCUT2D eigenvalue weighted by molar-refractivity contribution is 0.0473. The van der Waals surface area contributed by atoms with Gasteiger partial charge in [-0.3, -0.25) is 4.79 Å². The van der Waals surface area contributed by atoms with E-state index in [0.29, 0.717) is 30.0 Å². The predicted molar refractivity (Wildman–Crippen MR) is 78.1 cm³/mol. The van der Waals surface area contributed by atoms with Crippen LogP contribution in [0.15, 0.2) is 18.2 Å². The van der Waals surface area contributed by atoms with Crippen molar-refractivity contribution in [3.8, 4) is 17.6 Å². The molecule has 1 heterocycles. The zero-order valence-corrected chi connectivity index (χ0v) is 12.0. The molecule has 2 N–H and O–H groups in total. The Morgan fingerprint density at radius 2 is 2.33 bits per heavy atom. The number of aliphatic hydroxyl groups is 2. The van der Waals surface area contributed by atoms with Gasteiger partial charge in [0.2, 0.25) is 0 Å². The summed E-state index contributed by atoms with van der Waals surface area (Å²) in [5.74, 6) is 5.77. The highest BCUT2D eigenvalue weighted by Crippen LogP contribution is 2.21. The van der Waals surface area contributed by atoms with Gasteiger partial charge in [0, 0.05) is 18.7 Å². The van der Waals surface area contributed by atoms with Crippen LogP contribution in [0.2, 0.25) is 0 Å². The summed E-state index contributed by atoms with van der Waals surface area (Å²) in [6.07, 6.45) is 1.09. The van der Waals surface area contributed by atoms with Crippen LogP contribution in [0.1, 0.15) is 28.8 Å². The van der Waals surface area contributed by atoms with Crippen LogP contribution in [-0.4, -0.2) is 53.9 Å². The predicted octanol–water partition coefficient (Wildman–Crippen LogP) is 0.636. The van der Waals surface area contributed by atoms with Crippen LogP contribution in [-0.2, 0) is 0 Å². The number of piperidine rings is 1. The van der Waals surface area contributed by atoms with Crippen LogP contribution in [0.4, 0.5) is 0 Å². The molecule has 1 unspecified atom stereocenters. The van der Waals surface area contributed by atoms with Crippen LogP contribution < -0.4 is 4.74 Å². The molecule has 0 aliphatic carbocycles. The van der Waals surface area contributed by atoms with Crippen LogP contribution in [0.5, 0.6) is 5.75 Å². The summed E-state index contributed by atoms with van der Waals surface area (Å²) >= 11 is 0. The Bertz CT molecular complexity index is 573. The van der Waals surface area contributed by atoms with Crippen LogP contribution in [0, 0.1) is 11.8 Å². The number of rotatable bonds is 2. The van der Waals surface area contributed by atoms with E-state index in [1.165, 1.54) is 7.11 Å². The van der Waals surface area contributed by atoms with Gasteiger partial charge in [-0.05, 0) is 31.0 Å². The molecule has 1 aliphatic heterocycles. The van der Waals surface area contributed by atoms with Gasteiger partial charge in [0.25, 0.3) is 5.91 Å². The summed E-state index contributed by atoms with van der Waals surface area (Å²) in [6, 6.07) is 5.03. The first kappa shape index (κ1) is 15.4. The van der Waals surface area contributed by atoms with E-state index in [1.54, 1.807) is 23.1 Å². The molecule has 1 saturated heterocycles. The third-order valence-corrected chi connectivity index (χ3v) is 3.43. The molecule has 1 aromatic carbocycles. The Hall–Kier alpha value is -2.03. The van der Waals surface area contributed by atoms with E-state index in [1.807, 2.05) is 0 Å². The van der Waals surface area contributed by atoms with Gasteiger partial charge in [0.1, 0.15) is 12.4 Å². The van der Waals surface area contributed by atoms with Gasteiger partial charge in [0.05, 0.1) is 18.8 Å². The van der Waals surface area contributed by atoms with E-state index >= 15 is 0 Å². The minimum absolute atomic E-state index is 0.122. The molecular formula is C16H19NO4. The monoisotopic (exact) mass is 289 g/mol. The number of nitrogens with zero attached hydrogens (tertiary/aromatic N) is 1. The quantitative estimate of drug-likeness (QED) is 0.784. The first-order valence-corrected chi connectivity index (χ1v) is 6.91. The summed E-state index contributed by atoms with van der Waals surface area (Å²) in [5, 5.41) is 18.4. The van der Waals surface area contributed by atoms with E-state index in [0.717, 1.165) is 12.8 Å². The minimum atomic E-state index is -0.449. The van der Waals surface area contributed by atoms with Gasteiger partial charge >= 0.3 is 0 Å². The Balaban J connectivity index is 2.24. The van der Waals surface area contributed by atoms with Crippen molar-refractivity contribution in [2.24, 2.45) is 0 Å². The molecule has 0 bridgehead atoms. The van der Waals surface area contributed by atoms with Gasteiger partial charge in [-0.1, -0.05) is 11.8 Å². The molecule has 1 fully saturated rings. The maximum Gasteiger partial charge on any atom is 0.253 e. The lowest BCUT2D eigenvalue weighted by Crippen LogP contribution is -2.42. The second-order valence-corrected chi connectivity index (χ2v) is 4.92. The molecule has 5 nitrogen and oxygen atoms in total. The highest BCUT2D eigenvalue weighted by atomic mass is 16.5. The molecule has 0 saturated carbocycles. The standard InChI is InChI=1S/C16H19NO4/c1-21-15-7-6-13(10-12(15)4-3-9-18)16(20)17-8-2-5-14(19)11-17/h6-7,10,14,18-19H,2,5,8-9,11H2,1H3. The van der Waals surface area contributed by atoms with Crippen molar-refractivity contribution in [2.45, 2.75) is 18.9 Å². The maximum atomic E-state index is 12.4. The molecular weight excluding hydrogens is 270 g/mol.